The van der Waals surface area contributed by atoms with Crippen LogP contribution in [0.1, 0.15) is 66.7 Å². The molecule has 2 heterocycles. The van der Waals surface area contributed by atoms with E-state index in [2.05, 4.69) is 36.7 Å². The van der Waals surface area contributed by atoms with Gasteiger partial charge in [0.2, 0.25) is 0 Å². The second kappa shape index (κ2) is 14.3. The van der Waals surface area contributed by atoms with Crippen molar-refractivity contribution in [2.45, 2.75) is 51.9 Å². The molecule has 47 heavy (non-hydrogen) atoms. The maximum absolute atomic E-state index is 14.7. The Balaban J connectivity index is 1.51. The average Bonchev–Trinajstić information content (AvgIpc) is 3.50. The molecule has 1 fully saturated rings. The number of amides is 2. The van der Waals surface area contributed by atoms with Crippen LogP contribution in [0.3, 0.4) is 0 Å². The van der Waals surface area contributed by atoms with Gasteiger partial charge in [0.1, 0.15) is 28.6 Å². The Hall–Kier alpha value is -4.83. The summed E-state index contributed by atoms with van der Waals surface area (Å²) in [6.07, 6.45) is 1.59. The molecular weight excluding hydrogens is 594 g/mol. The maximum Gasteiger partial charge on any atom is 0.324 e. The zero-order valence-electron chi connectivity index (χ0n) is 28.3. The SMILES string of the molecule is COc1cc(OC)c(C(=O)C(c2ccccc2NC(=O)Nc2cc(C(C)(C)C)nn2-c2ccc(C)cc2)C2CCNCC2)c(OC)c1. The molecule has 0 saturated carbocycles. The van der Waals surface area contributed by atoms with Crippen molar-refractivity contribution in [1.29, 1.82) is 0 Å². The number of aromatic nitrogens is 2. The molecule has 0 aliphatic carbocycles. The fourth-order valence-electron chi connectivity index (χ4n) is 6.06. The van der Waals surface area contributed by atoms with E-state index in [4.69, 9.17) is 19.3 Å². The quantitative estimate of drug-likeness (QED) is 0.158. The number of piperidine rings is 1. The van der Waals surface area contributed by atoms with Crippen molar-refractivity contribution >= 4 is 23.3 Å². The summed E-state index contributed by atoms with van der Waals surface area (Å²) in [6.45, 7) is 9.86. The van der Waals surface area contributed by atoms with Crippen LogP contribution in [0, 0.1) is 12.8 Å². The largest absolute Gasteiger partial charge is 0.496 e. The molecule has 1 aliphatic heterocycles. The summed E-state index contributed by atoms with van der Waals surface area (Å²) >= 11 is 0. The number of nitrogens with one attached hydrogen (secondary N) is 3. The number of nitrogens with zero attached hydrogens (tertiary/aromatic N) is 2. The van der Waals surface area contributed by atoms with E-state index in [1.165, 1.54) is 14.2 Å². The van der Waals surface area contributed by atoms with Crippen LogP contribution in [0.2, 0.25) is 0 Å². The van der Waals surface area contributed by atoms with E-state index in [1.807, 2.05) is 61.5 Å². The highest BCUT2D eigenvalue weighted by molar-refractivity contribution is 6.07. The van der Waals surface area contributed by atoms with E-state index in [0.29, 0.717) is 34.3 Å². The van der Waals surface area contributed by atoms with Crippen LogP contribution in [-0.2, 0) is 5.41 Å². The Labute approximate surface area is 276 Å². The number of methoxy groups -OCH3 is 3. The molecule has 0 spiro atoms. The van der Waals surface area contributed by atoms with Crippen LogP contribution in [0.25, 0.3) is 5.69 Å². The van der Waals surface area contributed by atoms with Gasteiger partial charge < -0.3 is 24.8 Å². The smallest absolute Gasteiger partial charge is 0.324 e. The number of hydrogen-bond acceptors (Lipinski definition) is 7. The number of urea groups is 1. The Morgan fingerprint density at radius 2 is 1.53 bits per heavy atom. The zero-order chi connectivity index (χ0) is 33.7. The summed E-state index contributed by atoms with van der Waals surface area (Å²) in [5.74, 6) is 1.09. The lowest BCUT2D eigenvalue weighted by Gasteiger charge is -2.32. The van der Waals surface area contributed by atoms with Crippen molar-refractivity contribution in [2.24, 2.45) is 5.92 Å². The van der Waals surface area contributed by atoms with Gasteiger partial charge in [-0.15, -0.1) is 0 Å². The van der Waals surface area contributed by atoms with Crippen LogP contribution in [-0.4, -0.2) is 56.0 Å². The van der Waals surface area contributed by atoms with Crippen LogP contribution in [0.5, 0.6) is 17.2 Å². The summed E-state index contributed by atoms with van der Waals surface area (Å²) < 4.78 is 18.5. The van der Waals surface area contributed by atoms with Crippen molar-refractivity contribution in [3.63, 3.8) is 0 Å². The van der Waals surface area contributed by atoms with Gasteiger partial charge in [0.05, 0.1) is 38.6 Å². The molecule has 1 unspecified atom stereocenters. The molecular formula is C37H45N5O5. The number of anilines is 2. The van der Waals surface area contributed by atoms with Crippen molar-refractivity contribution in [3.8, 4) is 22.9 Å². The van der Waals surface area contributed by atoms with Gasteiger partial charge in [0, 0.05) is 29.3 Å². The number of ether oxygens (including phenoxy) is 3. The topological polar surface area (TPSA) is 116 Å². The highest BCUT2D eigenvalue weighted by Gasteiger charge is 2.36. The molecule has 10 heteroatoms. The molecule has 0 bridgehead atoms. The molecule has 1 saturated heterocycles. The molecule has 1 aromatic heterocycles. The van der Waals surface area contributed by atoms with Gasteiger partial charge in [0.25, 0.3) is 0 Å². The fourth-order valence-corrected chi connectivity index (χ4v) is 6.06. The number of carbonyl (C=O) groups excluding carboxylic acids is 2. The van der Waals surface area contributed by atoms with Gasteiger partial charge in [-0.1, -0.05) is 56.7 Å². The van der Waals surface area contributed by atoms with E-state index >= 15 is 0 Å². The third kappa shape index (κ3) is 7.44. The first kappa shape index (κ1) is 33.5. The number of benzene rings is 3. The second-order valence-corrected chi connectivity index (χ2v) is 12.9. The lowest BCUT2D eigenvalue weighted by Crippen LogP contribution is -2.34. The van der Waals surface area contributed by atoms with Crippen LogP contribution in [0.4, 0.5) is 16.3 Å². The van der Waals surface area contributed by atoms with Gasteiger partial charge in [-0.2, -0.15) is 5.10 Å². The molecule has 5 rings (SSSR count). The highest BCUT2D eigenvalue weighted by atomic mass is 16.5. The number of ketones is 1. The van der Waals surface area contributed by atoms with E-state index in [9.17, 15) is 9.59 Å². The van der Waals surface area contributed by atoms with Crippen molar-refractivity contribution in [2.75, 3.05) is 45.1 Å². The number of aryl methyl sites for hydroxylation is 1. The molecule has 248 valence electrons. The number of carbonyl (C=O) groups is 2. The minimum atomic E-state index is -0.574. The van der Waals surface area contributed by atoms with Crippen molar-refractivity contribution in [3.05, 3.63) is 89.1 Å². The van der Waals surface area contributed by atoms with Crippen LogP contribution >= 0.6 is 0 Å². The zero-order valence-corrected chi connectivity index (χ0v) is 28.3. The Morgan fingerprint density at radius 3 is 2.13 bits per heavy atom. The Morgan fingerprint density at radius 1 is 0.894 bits per heavy atom. The van der Waals surface area contributed by atoms with E-state index in [1.54, 1.807) is 23.9 Å². The summed E-state index contributed by atoms with van der Waals surface area (Å²) in [5, 5.41) is 14.3. The Bertz CT molecular complexity index is 1690. The predicted octanol–water partition coefficient (Wildman–Crippen LogP) is 7.11. The molecule has 3 aromatic carbocycles. The molecule has 4 aromatic rings. The number of rotatable bonds is 10. The minimum absolute atomic E-state index is 0.0172. The number of Topliss-reactive ketones (excluding diaryl/α,β-unsaturated/α-hetero) is 1. The number of hydrogen-bond donors (Lipinski definition) is 3. The molecule has 0 radical (unpaired) electrons. The first-order valence-corrected chi connectivity index (χ1v) is 15.9. The Kier molecular flexibility index (Phi) is 10.2. The second-order valence-electron chi connectivity index (χ2n) is 12.9. The average molecular weight is 640 g/mol. The van der Waals surface area contributed by atoms with Gasteiger partial charge in [0.15, 0.2) is 5.78 Å². The van der Waals surface area contributed by atoms with Gasteiger partial charge >= 0.3 is 6.03 Å². The van der Waals surface area contributed by atoms with Gasteiger partial charge in [-0.25, -0.2) is 9.48 Å². The first-order valence-electron chi connectivity index (χ1n) is 15.9. The summed E-state index contributed by atoms with van der Waals surface area (Å²) in [7, 11) is 4.60. The minimum Gasteiger partial charge on any atom is -0.496 e. The predicted molar refractivity (Wildman–Crippen MR) is 185 cm³/mol. The molecule has 1 aliphatic rings. The molecule has 10 nitrogen and oxygen atoms in total. The van der Waals surface area contributed by atoms with Gasteiger partial charge in [-0.3, -0.25) is 10.1 Å². The van der Waals surface area contributed by atoms with Crippen LogP contribution in [0.15, 0.2) is 66.7 Å². The third-order valence-electron chi connectivity index (χ3n) is 8.64. The lowest BCUT2D eigenvalue weighted by molar-refractivity contribution is 0.0910. The number of para-hydroxylation sites is 1. The van der Waals surface area contributed by atoms with E-state index in [0.717, 1.165) is 48.4 Å². The highest BCUT2D eigenvalue weighted by Crippen LogP contribution is 2.43. The third-order valence-corrected chi connectivity index (χ3v) is 8.64. The standard InChI is InChI=1S/C37H45N5O5/c1-23-12-14-25(15-13-23)42-32(22-31(41-42)37(2,3)4)40-36(44)39-28-11-9-8-10-27(28)33(24-16-18-38-19-17-24)35(43)34-29(46-6)20-26(45-5)21-30(34)47-7/h8-15,20-22,24,33,38H,16-19H2,1-7H3,(H2,39,40,44). The molecule has 3 N–H and O–H groups in total. The summed E-state index contributed by atoms with van der Waals surface area (Å²) in [6, 6.07) is 20.3. The van der Waals surface area contributed by atoms with Crippen molar-refractivity contribution in [1.82, 2.24) is 15.1 Å². The summed E-state index contributed by atoms with van der Waals surface area (Å²) in [5.41, 5.74) is 4.18. The van der Waals surface area contributed by atoms with E-state index < -0.39 is 11.9 Å². The van der Waals surface area contributed by atoms with E-state index in [-0.39, 0.29) is 17.1 Å². The first-order chi connectivity index (χ1) is 22.5. The van der Waals surface area contributed by atoms with Crippen LogP contribution < -0.4 is 30.2 Å². The maximum atomic E-state index is 14.7. The fraction of sp³-hybridized carbons (Fsp3) is 0.378. The lowest BCUT2D eigenvalue weighted by atomic mass is 9.75. The van der Waals surface area contributed by atoms with Crippen molar-refractivity contribution < 1.29 is 23.8 Å². The normalized spacial score (nSPS) is 14.3. The van der Waals surface area contributed by atoms with Gasteiger partial charge in [-0.05, 0) is 62.5 Å². The molecule has 2 amide bonds. The molecule has 1 atom stereocenters. The summed E-state index contributed by atoms with van der Waals surface area (Å²) in [4.78, 5) is 28.4. The monoisotopic (exact) mass is 639 g/mol.